The van der Waals surface area contributed by atoms with E-state index in [2.05, 4.69) is 21.2 Å². The Labute approximate surface area is 122 Å². The monoisotopic (exact) mass is 351 g/mol. The van der Waals surface area contributed by atoms with Crippen LogP contribution in [0.5, 0.6) is 0 Å². The summed E-state index contributed by atoms with van der Waals surface area (Å²) in [5.74, 6) is -0.140. The molecule has 0 saturated carbocycles. The van der Waals surface area contributed by atoms with Gasteiger partial charge in [0.15, 0.2) is 0 Å². The molecule has 1 atom stereocenters. The van der Waals surface area contributed by atoms with Crippen molar-refractivity contribution in [1.29, 1.82) is 0 Å². The van der Waals surface area contributed by atoms with Crippen LogP contribution in [0.15, 0.2) is 22.7 Å². The van der Waals surface area contributed by atoms with Gasteiger partial charge >= 0.3 is 0 Å². The lowest BCUT2D eigenvalue weighted by Gasteiger charge is -2.19. The molecular formula is C13H19BrFNO2S. The predicted molar refractivity (Wildman–Crippen MR) is 79.5 cm³/mol. The first-order valence-corrected chi connectivity index (χ1v) is 9.05. The van der Waals surface area contributed by atoms with Crippen molar-refractivity contribution in [2.24, 2.45) is 0 Å². The molecule has 1 aromatic rings. The van der Waals surface area contributed by atoms with E-state index in [1.807, 2.05) is 6.92 Å². The summed E-state index contributed by atoms with van der Waals surface area (Å²) in [6.45, 7) is 2.65. The minimum atomic E-state index is -2.97. The van der Waals surface area contributed by atoms with Crippen molar-refractivity contribution >= 4 is 25.8 Å². The normalized spacial score (nSPS) is 13.5. The Morgan fingerprint density at radius 2 is 2.11 bits per heavy atom. The van der Waals surface area contributed by atoms with Crippen LogP contribution < -0.4 is 5.32 Å². The van der Waals surface area contributed by atoms with Crippen molar-refractivity contribution in [3.8, 4) is 0 Å². The van der Waals surface area contributed by atoms with Crippen LogP contribution in [0.1, 0.15) is 31.4 Å². The van der Waals surface area contributed by atoms with Gasteiger partial charge in [-0.05, 0) is 37.6 Å². The lowest BCUT2D eigenvalue weighted by molar-refractivity contribution is 0.479. The van der Waals surface area contributed by atoms with Crippen molar-refractivity contribution in [3.05, 3.63) is 34.1 Å². The van der Waals surface area contributed by atoms with E-state index in [4.69, 9.17) is 0 Å². The summed E-state index contributed by atoms with van der Waals surface area (Å²) in [6.07, 6.45) is 2.33. The fraction of sp³-hybridized carbons (Fsp3) is 0.538. The molecule has 19 heavy (non-hydrogen) atoms. The lowest BCUT2D eigenvalue weighted by atomic mass is 10.0. The Bertz CT molecular complexity index is 519. The first-order chi connectivity index (χ1) is 8.83. The number of benzene rings is 1. The van der Waals surface area contributed by atoms with Crippen molar-refractivity contribution in [3.63, 3.8) is 0 Å². The number of nitrogens with one attached hydrogen (secondary N) is 1. The summed E-state index contributed by atoms with van der Waals surface area (Å²) in [5.41, 5.74) is 0.574. The number of halogens is 2. The third-order valence-corrected chi connectivity index (χ3v) is 4.32. The van der Waals surface area contributed by atoms with Gasteiger partial charge in [-0.3, -0.25) is 0 Å². The van der Waals surface area contributed by atoms with Gasteiger partial charge in [-0.2, -0.15) is 0 Å². The molecule has 0 aliphatic carbocycles. The highest BCUT2D eigenvalue weighted by molar-refractivity contribution is 9.10. The van der Waals surface area contributed by atoms with Gasteiger partial charge in [0.1, 0.15) is 15.7 Å². The van der Waals surface area contributed by atoms with Gasteiger partial charge in [0, 0.05) is 28.1 Å². The molecule has 0 fully saturated rings. The number of hydrogen-bond donors (Lipinski definition) is 1. The predicted octanol–water partition coefficient (Wildman–Crippen LogP) is 3.06. The molecule has 1 rings (SSSR count). The lowest BCUT2D eigenvalue weighted by Crippen LogP contribution is -2.22. The van der Waals surface area contributed by atoms with Gasteiger partial charge < -0.3 is 5.32 Å². The van der Waals surface area contributed by atoms with Crippen molar-refractivity contribution in [2.45, 2.75) is 25.8 Å². The minimum absolute atomic E-state index is 0.129. The molecule has 108 valence electrons. The molecule has 0 spiro atoms. The van der Waals surface area contributed by atoms with Crippen LogP contribution >= 0.6 is 15.9 Å². The molecule has 3 nitrogen and oxygen atoms in total. The molecular weight excluding hydrogens is 333 g/mol. The molecule has 0 aromatic heterocycles. The molecule has 1 N–H and O–H groups in total. The fourth-order valence-electron chi connectivity index (χ4n) is 1.95. The van der Waals surface area contributed by atoms with E-state index in [1.165, 1.54) is 12.3 Å². The third-order valence-electron chi connectivity index (χ3n) is 2.79. The van der Waals surface area contributed by atoms with Crippen molar-refractivity contribution < 1.29 is 12.8 Å². The molecule has 6 heteroatoms. The average molecular weight is 352 g/mol. The topological polar surface area (TPSA) is 46.2 Å². The summed E-state index contributed by atoms with van der Waals surface area (Å²) >= 11 is 3.33. The molecule has 0 amide bonds. The van der Waals surface area contributed by atoms with Crippen LogP contribution in [-0.4, -0.2) is 27.0 Å². The molecule has 1 unspecified atom stereocenters. The van der Waals surface area contributed by atoms with Crippen LogP contribution in [0.25, 0.3) is 0 Å². The first kappa shape index (κ1) is 16.6. The van der Waals surface area contributed by atoms with Gasteiger partial charge in [0.2, 0.25) is 0 Å². The highest BCUT2D eigenvalue weighted by Gasteiger charge is 2.16. The number of sulfone groups is 1. The summed E-state index contributed by atoms with van der Waals surface area (Å²) in [4.78, 5) is 0. The Morgan fingerprint density at radius 1 is 1.42 bits per heavy atom. The quantitative estimate of drug-likeness (QED) is 0.820. The molecule has 0 heterocycles. The van der Waals surface area contributed by atoms with E-state index in [0.717, 1.165) is 4.47 Å². The van der Waals surface area contributed by atoms with Crippen LogP contribution in [0, 0.1) is 5.82 Å². The highest BCUT2D eigenvalue weighted by atomic mass is 79.9. The zero-order chi connectivity index (χ0) is 14.5. The largest absolute Gasteiger partial charge is 0.310 e. The number of rotatable bonds is 7. The summed E-state index contributed by atoms with van der Waals surface area (Å²) < 4.78 is 36.9. The van der Waals surface area contributed by atoms with Crippen molar-refractivity contribution in [1.82, 2.24) is 5.32 Å². The SMILES string of the molecule is CCNC(CCCS(C)(=O)=O)c1cc(Br)ccc1F. The summed E-state index contributed by atoms with van der Waals surface area (Å²) in [7, 11) is -2.97. The Hall–Kier alpha value is -0.460. The van der Waals surface area contributed by atoms with Gasteiger partial charge in [0.05, 0.1) is 0 Å². The van der Waals surface area contributed by atoms with Crippen LogP contribution in [-0.2, 0) is 9.84 Å². The molecule has 0 radical (unpaired) electrons. The van der Waals surface area contributed by atoms with Crippen LogP contribution in [0.4, 0.5) is 4.39 Å². The maximum Gasteiger partial charge on any atom is 0.147 e. The van der Waals surface area contributed by atoms with Gasteiger partial charge in [-0.25, -0.2) is 12.8 Å². The molecule has 0 saturated heterocycles. The maximum absolute atomic E-state index is 13.8. The maximum atomic E-state index is 13.8. The Balaban J connectivity index is 2.79. The first-order valence-electron chi connectivity index (χ1n) is 6.19. The van der Waals surface area contributed by atoms with Gasteiger partial charge in [0.25, 0.3) is 0 Å². The Morgan fingerprint density at radius 3 is 2.68 bits per heavy atom. The van der Waals surface area contributed by atoms with Crippen molar-refractivity contribution in [2.75, 3.05) is 18.6 Å². The van der Waals surface area contributed by atoms with E-state index < -0.39 is 9.84 Å². The summed E-state index contributed by atoms with van der Waals surface area (Å²) in [6, 6.07) is 4.64. The van der Waals surface area contributed by atoms with E-state index >= 15 is 0 Å². The molecule has 1 aromatic carbocycles. The second-order valence-electron chi connectivity index (χ2n) is 4.55. The third kappa shape index (κ3) is 6.01. The van der Waals surface area contributed by atoms with Crippen LogP contribution in [0.3, 0.4) is 0 Å². The average Bonchev–Trinajstić information content (AvgIpc) is 2.30. The number of hydrogen-bond acceptors (Lipinski definition) is 3. The second-order valence-corrected chi connectivity index (χ2v) is 7.72. The van der Waals surface area contributed by atoms with Crippen LogP contribution in [0.2, 0.25) is 0 Å². The Kier molecular flexibility index (Phi) is 6.42. The van der Waals surface area contributed by atoms with Gasteiger partial charge in [-0.15, -0.1) is 0 Å². The molecule has 0 aliphatic rings. The second kappa shape index (κ2) is 7.36. The minimum Gasteiger partial charge on any atom is -0.310 e. The van der Waals surface area contributed by atoms with Gasteiger partial charge in [-0.1, -0.05) is 22.9 Å². The molecule has 0 bridgehead atoms. The standard InChI is InChI=1S/C13H19BrFNO2S/c1-3-16-13(5-4-8-19(2,17)18)11-9-10(14)6-7-12(11)15/h6-7,9,13,16H,3-5,8H2,1-2H3. The smallest absolute Gasteiger partial charge is 0.147 e. The van der Waals surface area contributed by atoms with E-state index in [-0.39, 0.29) is 17.6 Å². The van der Waals surface area contributed by atoms with E-state index in [9.17, 15) is 12.8 Å². The zero-order valence-corrected chi connectivity index (χ0v) is 13.5. The zero-order valence-electron chi connectivity index (χ0n) is 11.1. The highest BCUT2D eigenvalue weighted by Crippen LogP contribution is 2.25. The molecule has 0 aliphatic heterocycles. The van der Waals surface area contributed by atoms with E-state index in [1.54, 1.807) is 12.1 Å². The summed E-state index contributed by atoms with van der Waals surface area (Å²) in [5, 5.41) is 3.20. The fourth-order valence-corrected chi connectivity index (χ4v) is 3.02. The van der Waals surface area contributed by atoms with E-state index in [0.29, 0.717) is 24.9 Å².